The van der Waals surface area contributed by atoms with Gasteiger partial charge in [0.25, 0.3) is 0 Å². The van der Waals surface area contributed by atoms with Gasteiger partial charge in [-0.1, -0.05) is 47.5 Å². The number of hydrogen-bond donors (Lipinski definition) is 2. The Bertz CT molecular complexity index is 700. The molecule has 0 bridgehead atoms. The van der Waals surface area contributed by atoms with E-state index in [4.69, 9.17) is 28.9 Å². The lowest BCUT2D eigenvalue weighted by Gasteiger charge is -2.28. The Morgan fingerprint density at radius 2 is 1.90 bits per heavy atom. The number of benzene rings is 2. The largest absolute Gasteiger partial charge is 0.398 e. The zero-order chi connectivity index (χ0) is 14.3. The Hall–Kier alpha value is -1.71. The SMILES string of the molecule is Nc1ccc(Cl)c(C2NC(=O)Cc3ccccc32)c1Cl. The fraction of sp³-hybridized carbons (Fsp3) is 0.133. The maximum absolute atomic E-state index is 11.9. The molecule has 1 unspecified atom stereocenters. The van der Waals surface area contributed by atoms with E-state index in [9.17, 15) is 4.79 Å². The van der Waals surface area contributed by atoms with Crippen LogP contribution < -0.4 is 11.1 Å². The third kappa shape index (κ3) is 2.13. The molecule has 0 saturated carbocycles. The molecule has 1 amide bonds. The number of amides is 1. The highest BCUT2D eigenvalue weighted by Gasteiger charge is 2.29. The summed E-state index contributed by atoms with van der Waals surface area (Å²) in [6, 6.07) is 10.7. The quantitative estimate of drug-likeness (QED) is 0.794. The number of nitrogens with one attached hydrogen (secondary N) is 1. The van der Waals surface area contributed by atoms with Gasteiger partial charge in [0.15, 0.2) is 0 Å². The van der Waals surface area contributed by atoms with Gasteiger partial charge in [0.1, 0.15) is 0 Å². The van der Waals surface area contributed by atoms with E-state index in [-0.39, 0.29) is 11.9 Å². The smallest absolute Gasteiger partial charge is 0.225 e. The Labute approximate surface area is 126 Å². The molecule has 20 heavy (non-hydrogen) atoms. The second-order valence-electron chi connectivity index (χ2n) is 4.74. The lowest BCUT2D eigenvalue weighted by molar-refractivity contribution is -0.121. The highest BCUT2D eigenvalue weighted by Crippen LogP contribution is 2.39. The maximum atomic E-state index is 11.9. The Morgan fingerprint density at radius 3 is 2.70 bits per heavy atom. The van der Waals surface area contributed by atoms with Crippen molar-refractivity contribution in [3.05, 3.63) is 63.1 Å². The van der Waals surface area contributed by atoms with Crippen molar-refractivity contribution in [2.45, 2.75) is 12.5 Å². The van der Waals surface area contributed by atoms with Crippen LogP contribution in [0.1, 0.15) is 22.7 Å². The summed E-state index contributed by atoms with van der Waals surface area (Å²) in [6.07, 6.45) is 0.365. The first-order valence-corrected chi connectivity index (χ1v) is 6.94. The Balaban J connectivity index is 2.21. The maximum Gasteiger partial charge on any atom is 0.225 e. The van der Waals surface area contributed by atoms with E-state index < -0.39 is 0 Å². The number of hydrogen-bond acceptors (Lipinski definition) is 2. The van der Waals surface area contributed by atoms with Gasteiger partial charge >= 0.3 is 0 Å². The second-order valence-corrected chi connectivity index (χ2v) is 5.53. The lowest BCUT2D eigenvalue weighted by Crippen LogP contribution is -2.36. The number of nitrogens with two attached hydrogens (primary N) is 1. The predicted octanol–water partition coefficient (Wildman–Crippen LogP) is 3.34. The summed E-state index contributed by atoms with van der Waals surface area (Å²) in [5.74, 6) is -0.0525. The van der Waals surface area contributed by atoms with Gasteiger partial charge in [0.2, 0.25) is 5.91 Å². The van der Waals surface area contributed by atoms with Crippen LogP contribution in [-0.2, 0) is 11.2 Å². The molecule has 3 nitrogen and oxygen atoms in total. The van der Waals surface area contributed by atoms with Gasteiger partial charge in [-0.25, -0.2) is 0 Å². The first kappa shape index (κ1) is 13.3. The number of rotatable bonds is 1. The molecule has 1 aliphatic rings. The molecule has 1 heterocycles. The van der Waals surface area contributed by atoms with Gasteiger partial charge in [0.05, 0.1) is 23.2 Å². The van der Waals surface area contributed by atoms with Crippen molar-refractivity contribution in [1.29, 1.82) is 0 Å². The van der Waals surface area contributed by atoms with Crippen LogP contribution in [0, 0.1) is 0 Å². The van der Waals surface area contributed by atoms with Gasteiger partial charge in [-0.05, 0) is 23.3 Å². The number of carbonyl (C=O) groups excluding carboxylic acids is 1. The molecule has 0 radical (unpaired) electrons. The second kappa shape index (κ2) is 5.00. The Kier molecular flexibility index (Phi) is 3.32. The molecule has 3 N–H and O–H groups in total. The van der Waals surface area contributed by atoms with E-state index in [0.29, 0.717) is 27.7 Å². The lowest BCUT2D eigenvalue weighted by atomic mass is 9.89. The molecular formula is C15H12Cl2N2O. The fourth-order valence-electron chi connectivity index (χ4n) is 2.52. The summed E-state index contributed by atoms with van der Waals surface area (Å²) in [7, 11) is 0. The van der Waals surface area contributed by atoms with Crippen molar-refractivity contribution < 1.29 is 4.79 Å². The highest BCUT2D eigenvalue weighted by atomic mass is 35.5. The topological polar surface area (TPSA) is 55.1 Å². The van der Waals surface area contributed by atoms with E-state index in [1.54, 1.807) is 12.1 Å². The minimum atomic E-state index is -0.365. The van der Waals surface area contributed by atoms with Crippen molar-refractivity contribution in [3.8, 4) is 0 Å². The van der Waals surface area contributed by atoms with E-state index in [0.717, 1.165) is 11.1 Å². The zero-order valence-corrected chi connectivity index (χ0v) is 12.0. The first-order chi connectivity index (χ1) is 9.58. The number of carbonyl (C=O) groups is 1. The molecule has 0 saturated heterocycles. The summed E-state index contributed by atoms with van der Waals surface area (Å²) >= 11 is 12.5. The molecule has 0 aliphatic carbocycles. The standard InChI is InChI=1S/C15H12Cl2N2O/c16-10-5-6-11(18)14(17)13(10)15-9-4-2-1-3-8(9)7-12(20)19-15/h1-6,15H,7,18H2,(H,19,20). The molecule has 0 fully saturated rings. The molecule has 0 aromatic heterocycles. The molecule has 5 heteroatoms. The number of nitrogen functional groups attached to an aromatic ring is 1. The van der Waals surface area contributed by atoms with Crippen LogP contribution in [0.2, 0.25) is 10.0 Å². The molecular weight excluding hydrogens is 295 g/mol. The fourth-order valence-corrected chi connectivity index (χ4v) is 3.11. The molecule has 2 aromatic rings. The van der Waals surface area contributed by atoms with Crippen LogP contribution in [0.5, 0.6) is 0 Å². The minimum absolute atomic E-state index is 0.0525. The summed E-state index contributed by atoms with van der Waals surface area (Å²) in [6.45, 7) is 0. The van der Waals surface area contributed by atoms with Crippen molar-refractivity contribution in [3.63, 3.8) is 0 Å². The van der Waals surface area contributed by atoms with E-state index in [2.05, 4.69) is 5.32 Å². The van der Waals surface area contributed by atoms with Gasteiger partial charge in [-0.15, -0.1) is 0 Å². The van der Waals surface area contributed by atoms with Crippen LogP contribution in [0.15, 0.2) is 36.4 Å². The van der Waals surface area contributed by atoms with Crippen LogP contribution in [0.25, 0.3) is 0 Å². The number of anilines is 1. The summed E-state index contributed by atoms with van der Waals surface area (Å²) in [5, 5.41) is 3.81. The van der Waals surface area contributed by atoms with Crippen molar-refractivity contribution in [1.82, 2.24) is 5.32 Å². The van der Waals surface area contributed by atoms with E-state index >= 15 is 0 Å². The van der Waals surface area contributed by atoms with Gasteiger partial charge in [0, 0.05) is 10.6 Å². The van der Waals surface area contributed by atoms with Crippen molar-refractivity contribution in [2.24, 2.45) is 0 Å². The minimum Gasteiger partial charge on any atom is -0.398 e. The third-order valence-electron chi connectivity index (χ3n) is 3.47. The number of fused-ring (bicyclic) bond motifs is 1. The zero-order valence-electron chi connectivity index (χ0n) is 10.5. The molecule has 1 atom stereocenters. The average molecular weight is 307 g/mol. The normalized spacial score (nSPS) is 17.5. The Morgan fingerprint density at radius 1 is 1.15 bits per heavy atom. The van der Waals surface area contributed by atoms with Gasteiger partial charge in [-0.3, -0.25) is 4.79 Å². The van der Waals surface area contributed by atoms with Crippen LogP contribution >= 0.6 is 23.2 Å². The van der Waals surface area contributed by atoms with Crippen LogP contribution in [-0.4, -0.2) is 5.91 Å². The highest BCUT2D eigenvalue weighted by molar-refractivity contribution is 6.37. The first-order valence-electron chi connectivity index (χ1n) is 6.18. The molecule has 0 spiro atoms. The van der Waals surface area contributed by atoms with E-state index in [1.807, 2.05) is 24.3 Å². The van der Waals surface area contributed by atoms with Crippen molar-refractivity contribution >= 4 is 34.8 Å². The van der Waals surface area contributed by atoms with Gasteiger partial charge in [-0.2, -0.15) is 0 Å². The van der Waals surface area contributed by atoms with Gasteiger partial charge < -0.3 is 11.1 Å². The average Bonchev–Trinajstić information content (AvgIpc) is 2.43. The molecule has 102 valence electrons. The molecule has 1 aliphatic heterocycles. The van der Waals surface area contributed by atoms with Crippen LogP contribution in [0.4, 0.5) is 5.69 Å². The molecule has 2 aromatic carbocycles. The van der Waals surface area contributed by atoms with E-state index in [1.165, 1.54) is 0 Å². The van der Waals surface area contributed by atoms with Crippen molar-refractivity contribution in [2.75, 3.05) is 5.73 Å². The summed E-state index contributed by atoms with van der Waals surface area (Å²) < 4.78 is 0. The summed E-state index contributed by atoms with van der Waals surface area (Å²) in [5.41, 5.74) is 8.93. The third-order valence-corrected chi connectivity index (χ3v) is 4.22. The monoisotopic (exact) mass is 306 g/mol. The summed E-state index contributed by atoms with van der Waals surface area (Å²) in [4.78, 5) is 11.9. The van der Waals surface area contributed by atoms with Crippen LogP contribution in [0.3, 0.4) is 0 Å². The molecule has 3 rings (SSSR count). The number of halogens is 2. The predicted molar refractivity (Wildman–Crippen MR) is 81.0 cm³/mol.